The van der Waals surface area contributed by atoms with Gasteiger partial charge >= 0.3 is 0 Å². The second kappa shape index (κ2) is 6.32. The zero-order valence-corrected chi connectivity index (χ0v) is 11.3. The Morgan fingerprint density at radius 3 is 2.72 bits per heavy atom. The molecule has 100 valence electrons. The number of β-amino-alcohol motifs (C(OH)–C–C–N with tert-alkyl or cyclic N) is 1. The SMILES string of the molecule is CCc1ccc(C(O)CN2CCOCC2C)cc1. The second-order valence-electron chi connectivity index (χ2n) is 5.03. The zero-order chi connectivity index (χ0) is 13.0. The van der Waals surface area contributed by atoms with Gasteiger partial charge in [0.25, 0.3) is 0 Å². The molecule has 1 aromatic rings. The molecule has 0 aromatic heterocycles. The lowest BCUT2D eigenvalue weighted by Gasteiger charge is -2.34. The minimum atomic E-state index is -0.406. The fraction of sp³-hybridized carbons (Fsp3) is 0.600. The van der Waals surface area contributed by atoms with Crippen molar-refractivity contribution in [1.29, 1.82) is 0 Å². The summed E-state index contributed by atoms with van der Waals surface area (Å²) >= 11 is 0. The molecule has 18 heavy (non-hydrogen) atoms. The largest absolute Gasteiger partial charge is 0.387 e. The topological polar surface area (TPSA) is 32.7 Å². The first kappa shape index (κ1) is 13.5. The normalized spacial score (nSPS) is 22.9. The molecule has 0 bridgehead atoms. The molecule has 3 nitrogen and oxygen atoms in total. The lowest BCUT2D eigenvalue weighted by molar-refractivity contribution is -0.0203. The molecule has 0 spiro atoms. The number of hydrogen-bond acceptors (Lipinski definition) is 3. The van der Waals surface area contributed by atoms with Gasteiger partial charge in [-0.05, 0) is 24.5 Å². The van der Waals surface area contributed by atoms with Gasteiger partial charge in [0.15, 0.2) is 0 Å². The van der Waals surface area contributed by atoms with Crippen LogP contribution in [0.4, 0.5) is 0 Å². The number of ether oxygens (including phenoxy) is 1. The van der Waals surface area contributed by atoms with Crippen LogP contribution in [0, 0.1) is 0 Å². The molecule has 2 unspecified atom stereocenters. The summed E-state index contributed by atoms with van der Waals surface area (Å²) in [5, 5.41) is 10.3. The highest BCUT2D eigenvalue weighted by molar-refractivity contribution is 5.24. The summed E-state index contributed by atoms with van der Waals surface area (Å²) in [5.41, 5.74) is 2.32. The molecule has 1 aliphatic heterocycles. The van der Waals surface area contributed by atoms with E-state index in [9.17, 15) is 5.11 Å². The molecule has 1 saturated heterocycles. The number of hydrogen-bond donors (Lipinski definition) is 1. The summed E-state index contributed by atoms with van der Waals surface area (Å²) in [6.45, 7) is 7.42. The maximum atomic E-state index is 10.3. The van der Waals surface area contributed by atoms with E-state index in [0.29, 0.717) is 12.6 Å². The third kappa shape index (κ3) is 3.31. The van der Waals surface area contributed by atoms with E-state index in [4.69, 9.17) is 4.74 Å². The Morgan fingerprint density at radius 2 is 2.11 bits per heavy atom. The summed E-state index contributed by atoms with van der Waals surface area (Å²) in [5.74, 6) is 0. The smallest absolute Gasteiger partial charge is 0.0917 e. The first-order valence-corrected chi connectivity index (χ1v) is 6.79. The monoisotopic (exact) mass is 249 g/mol. The summed E-state index contributed by atoms with van der Waals surface area (Å²) in [6, 6.07) is 8.66. The summed E-state index contributed by atoms with van der Waals surface area (Å²) in [6.07, 6.45) is 0.633. The molecule has 1 heterocycles. The average Bonchev–Trinajstić information content (AvgIpc) is 2.41. The quantitative estimate of drug-likeness (QED) is 0.886. The fourth-order valence-electron chi connectivity index (χ4n) is 2.34. The Kier molecular flexibility index (Phi) is 4.75. The van der Waals surface area contributed by atoms with E-state index in [0.717, 1.165) is 31.7 Å². The molecule has 1 aliphatic rings. The molecule has 2 rings (SSSR count). The van der Waals surface area contributed by atoms with Crippen molar-refractivity contribution in [3.8, 4) is 0 Å². The van der Waals surface area contributed by atoms with Crippen molar-refractivity contribution < 1.29 is 9.84 Å². The highest BCUT2D eigenvalue weighted by Gasteiger charge is 2.21. The standard InChI is InChI=1S/C15H23NO2/c1-3-13-4-6-14(7-5-13)15(17)10-16-8-9-18-11-12(16)2/h4-7,12,15,17H,3,8-11H2,1-2H3. The van der Waals surface area contributed by atoms with Crippen LogP contribution in [0.5, 0.6) is 0 Å². The molecular formula is C15H23NO2. The number of aryl methyl sites for hydroxylation is 1. The predicted molar refractivity (Wildman–Crippen MR) is 72.6 cm³/mol. The number of aliphatic hydroxyl groups is 1. The molecular weight excluding hydrogens is 226 g/mol. The third-order valence-electron chi connectivity index (χ3n) is 3.69. The Hall–Kier alpha value is -0.900. The molecule has 0 saturated carbocycles. The van der Waals surface area contributed by atoms with Crippen molar-refractivity contribution in [1.82, 2.24) is 4.90 Å². The van der Waals surface area contributed by atoms with Gasteiger partial charge in [-0.1, -0.05) is 31.2 Å². The Balaban J connectivity index is 1.95. The first-order chi connectivity index (χ1) is 8.70. The van der Waals surface area contributed by atoms with Crippen LogP contribution in [-0.2, 0) is 11.2 Å². The van der Waals surface area contributed by atoms with Crippen molar-refractivity contribution >= 4 is 0 Å². The molecule has 1 fully saturated rings. The lowest BCUT2D eigenvalue weighted by atomic mass is 10.0. The molecule has 2 atom stereocenters. The van der Waals surface area contributed by atoms with E-state index in [1.165, 1.54) is 5.56 Å². The Labute approximate surface area is 109 Å². The second-order valence-corrected chi connectivity index (χ2v) is 5.03. The van der Waals surface area contributed by atoms with Gasteiger partial charge in [-0.15, -0.1) is 0 Å². The van der Waals surface area contributed by atoms with E-state index in [2.05, 4.69) is 30.9 Å². The van der Waals surface area contributed by atoms with E-state index < -0.39 is 6.10 Å². The Morgan fingerprint density at radius 1 is 1.39 bits per heavy atom. The van der Waals surface area contributed by atoms with Crippen molar-refractivity contribution in [3.05, 3.63) is 35.4 Å². The van der Waals surface area contributed by atoms with Gasteiger partial charge in [-0.25, -0.2) is 0 Å². The van der Waals surface area contributed by atoms with Crippen LogP contribution in [0.1, 0.15) is 31.1 Å². The molecule has 1 N–H and O–H groups in total. The van der Waals surface area contributed by atoms with Gasteiger partial charge in [0.2, 0.25) is 0 Å². The minimum absolute atomic E-state index is 0.392. The number of aliphatic hydroxyl groups excluding tert-OH is 1. The number of rotatable bonds is 4. The third-order valence-corrected chi connectivity index (χ3v) is 3.69. The van der Waals surface area contributed by atoms with Crippen LogP contribution in [0.3, 0.4) is 0 Å². The molecule has 0 amide bonds. The summed E-state index contributed by atoms with van der Waals surface area (Å²) < 4.78 is 5.41. The van der Waals surface area contributed by atoms with Crippen LogP contribution in [0.15, 0.2) is 24.3 Å². The van der Waals surface area contributed by atoms with Crippen LogP contribution in [-0.4, -0.2) is 42.4 Å². The van der Waals surface area contributed by atoms with Crippen LogP contribution < -0.4 is 0 Å². The van der Waals surface area contributed by atoms with Gasteiger partial charge in [0.05, 0.1) is 19.3 Å². The molecule has 3 heteroatoms. The average molecular weight is 249 g/mol. The van der Waals surface area contributed by atoms with Crippen LogP contribution >= 0.6 is 0 Å². The van der Waals surface area contributed by atoms with Gasteiger partial charge in [0.1, 0.15) is 0 Å². The van der Waals surface area contributed by atoms with Gasteiger partial charge in [-0.2, -0.15) is 0 Å². The first-order valence-electron chi connectivity index (χ1n) is 6.79. The van der Waals surface area contributed by atoms with Gasteiger partial charge in [-0.3, -0.25) is 4.90 Å². The number of morpholine rings is 1. The van der Waals surface area contributed by atoms with Crippen molar-refractivity contribution in [2.75, 3.05) is 26.3 Å². The molecule has 0 aliphatic carbocycles. The fourth-order valence-corrected chi connectivity index (χ4v) is 2.34. The number of benzene rings is 1. The molecule has 1 aromatic carbocycles. The zero-order valence-electron chi connectivity index (χ0n) is 11.3. The predicted octanol–water partition coefficient (Wildman–Crippen LogP) is 2.00. The van der Waals surface area contributed by atoms with Crippen molar-refractivity contribution in [3.63, 3.8) is 0 Å². The van der Waals surface area contributed by atoms with Crippen molar-refractivity contribution in [2.45, 2.75) is 32.4 Å². The summed E-state index contributed by atoms with van der Waals surface area (Å²) in [4.78, 5) is 2.29. The van der Waals surface area contributed by atoms with Gasteiger partial charge in [0, 0.05) is 19.1 Å². The lowest BCUT2D eigenvalue weighted by Crippen LogP contribution is -2.45. The van der Waals surface area contributed by atoms with Crippen LogP contribution in [0.2, 0.25) is 0 Å². The summed E-state index contributed by atoms with van der Waals surface area (Å²) in [7, 11) is 0. The molecule has 0 radical (unpaired) electrons. The van der Waals surface area contributed by atoms with E-state index in [1.807, 2.05) is 12.1 Å². The van der Waals surface area contributed by atoms with E-state index in [-0.39, 0.29) is 0 Å². The maximum absolute atomic E-state index is 10.3. The van der Waals surface area contributed by atoms with Crippen molar-refractivity contribution in [2.24, 2.45) is 0 Å². The maximum Gasteiger partial charge on any atom is 0.0917 e. The van der Waals surface area contributed by atoms with E-state index in [1.54, 1.807) is 0 Å². The van der Waals surface area contributed by atoms with Gasteiger partial charge < -0.3 is 9.84 Å². The minimum Gasteiger partial charge on any atom is -0.387 e. The highest BCUT2D eigenvalue weighted by Crippen LogP contribution is 2.18. The Bertz CT molecular complexity index is 363. The highest BCUT2D eigenvalue weighted by atomic mass is 16.5. The van der Waals surface area contributed by atoms with E-state index >= 15 is 0 Å². The van der Waals surface area contributed by atoms with Crippen LogP contribution in [0.25, 0.3) is 0 Å². The number of nitrogens with zero attached hydrogens (tertiary/aromatic N) is 1.